The standard InChI is InChI=1S/C25H34O5/c1-8-9-11-16-21(26)19(18-14-12-10-13-15-18)17-20(22(27)29-24(2,3)4)23(28)30-25(5,6)7/h8-16,19-20H,17H2,1-7H3/b9-8+,16-11+. The summed E-state index contributed by atoms with van der Waals surface area (Å²) in [7, 11) is 0. The monoisotopic (exact) mass is 414 g/mol. The molecule has 0 heterocycles. The van der Waals surface area contributed by atoms with Gasteiger partial charge in [0.25, 0.3) is 0 Å². The Labute approximate surface area is 180 Å². The lowest BCUT2D eigenvalue weighted by atomic mass is 9.85. The van der Waals surface area contributed by atoms with E-state index in [0.29, 0.717) is 0 Å². The third-order valence-electron chi connectivity index (χ3n) is 3.96. The molecule has 0 N–H and O–H groups in total. The van der Waals surface area contributed by atoms with E-state index in [1.807, 2.05) is 43.3 Å². The Morgan fingerprint density at radius 2 is 1.37 bits per heavy atom. The molecule has 0 aromatic heterocycles. The fraction of sp³-hybridized carbons (Fsp3) is 0.480. The predicted octanol–water partition coefficient (Wildman–Crippen LogP) is 5.16. The normalized spacial score (nSPS) is 13.6. The third-order valence-corrected chi connectivity index (χ3v) is 3.96. The van der Waals surface area contributed by atoms with Crippen LogP contribution in [0.2, 0.25) is 0 Å². The average Bonchev–Trinajstić information content (AvgIpc) is 2.60. The number of hydrogen-bond donors (Lipinski definition) is 0. The highest BCUT2D eigenvalue weighted by Crippen LogP contribution is 2.29. The number of allylic oxidation sites excluding steroid dienone is 4. The van der Waals surface area contributed by atoms with Gasteiger partial charge in [0.1, 0.15) is 11.2 Å². The van der Waals surface area contributed by atoms with Crippen LogP contribution in [-0.2, 0) is 23.9 Å². The van der Waals surface area contributed by atoms with E-state index in [1.54, 1.807) is 53.7 Å². The SMILES string of the molecule is C/C=C/C=C/C(=O)C(CC(C(=O)OC(C)(C)C)C(=O)OC(C)(C)C)c1ccccc1. The first-order valence-corrected chi connectivity index (χ1v) is 10.2. The Morgan fingerprint density at radius 1 is 0.867 bits per heavy atom. The van der Waals surface area contributed by atoms with Crippen molar-refractivity contribution in [2.75, 3.05) is 0 Å². The molecule has 0 spiro atoms. The molecular weight excluding hydrogens is 380 g/mol. The minimum atomic E-state index is -1.22. The van der Waals surface area contributed by atoms with Crippen molar-refractivity contribution >= 4 is 17.7 Å². The molecular formula is C25H34O5. The van der Waals surface area contributed by atoms with Crippen LogP contribution in [0.15, 0.2) is 54.6 Å². The first-order chi connectivity index (χ1) is 13.8. The summed E-state index contributed by atoms with van der Waals surface area (Å²) in [5.41, 5.74) is -0.810. The van der Waals surface area contributed by atoms with E-state index in [0.717, 1.165) is 5.56 Å². The van der Waals surface area contributed by atoms with Crippen LogP contribution in [-0.4, -0.2) is 28.9 Å². The van der Waals surface area contributed by atoms with Crippen molar-refractivity contribution in [3.05, 3.63) is 60.2 Å². The Kier molecular flexibility index (Phi) is 9.22. The van der Waals surface area contributed by atoms with Crippen LogP contribution in [0.25, 0.3) is 0 Å². The van der Waals surface area contributed by atoms with Gasteiger partial charge in [0.15, 0.2) is 11.7 Å². The molecule has 1 atom stereocenters. The minimum Gasteiger partial charge on any atom is -0.459 e. The molecule has 1 aromatic carbocycles. The van der Waals surface area contributed by atoms with Gasteiger partial charge in [-0.15, -0.1) is 0 Å². The number of ketones is 1. The fourth-order valence-electron chi connectivity index (χ4n) is 2.75. The van der Waals surface area contributed by atoms with Crippen LogP contribution in [0.3, 0.4) is 0 Å². The van der Waals surface area contributed by atoms with Gasteiger partial charge in [0, 0.05) is 5.92 Å². The minimum absolute atomic E-state index is 0.0349. The first-order valence-electron chi connectivity index (χ1n) is 10.2. The second-order valence-corrected chi connectivity index (χ2v) is 9.11. The number of esters is 2. The number of ether oxygens (including phenoxy) is 2. The molecule has 0 fully saturated rings. The Bertz CT molecular complexity index is 748. The van der Waals surface area contributed by atoms with Gasteiger partial charge in [-0.2, -0.15) is 0 Å². The predicted molar refractivity (Wildman–Crippen MR) is 118 cm³/mol. The van der Waals surface area contributed by atoms with Gasteiger partial charge < -0.3 is 9.47 Å². The first kappa shape index (κ1) is 25.3. The lowest BCUT2D eigenvalue weighted by Crippen LogP contribution is -2.38. The van der Waals surface area contributed by atoms with E-state index < -0.39 is 35.0 Å². The van der Waals surface area contributed by atoms with E-state index in [2.05, 4.69) is 0 Å². The zero-order valence-corrected chi connectivity index (χ0v) is 19.1. The molecule has 5 nitrogen and oxygen atoms in total. The van der Waals surface area contributed by atoms with E-state index in [-0.39, 0.29) is 12.2 Å². The van der Waals surface area contributed by atoms with Gasteiger partial charge >= 0.3 is 11.9 Å². The smallest absolute Gasteiger partial charge is 0.320 e. The number of rotatable bonds is 8. The lowest BCUT2D eigenvalue weighted by molar-refractivity contribution is -0.174. The van der Waals surface area contributed by atoms with Crippen molar-refractivity contribution in [1.29, 1.82) is 0 Å². The molecule has 0 amide bonds. The van der Waals surface area contributed by atoms with Crippen LogP contribution in [0, 0.1) is 5.92 Å². The fourth-order valence-corrected chi connectivity index (χ4v) is 2.75. The number of carbonyl (C=O) groups is 3. The highest BCUT2D eigenvalue weighted by molar-refractivity contribution is 5.99. The quantitative estimate of drug-likeness (QED) is 0.254. The van der Waals surface area contributed by atoms with Gasteiger partial charge in [-0.25, -0.2) is 0 Å². The summed E-state index contributed by atoms with van der Waals surface area (Å²) in [5, 5.41) is 0. The zero-order chi connectivity index (χ0) is 22.9. The van der Waals surface area contributed by atoms with Crippen LogP contribution in [0.5, 0.6) is 0 Å². The summed E-state index contributed by atoms with van der Waals surface area (Å²) in [6.45, 7) is 12.2. The molecule has 0 aliphatic heterocycles. The molecule has 0 saturated carbocycles. The van der Waals surface area contributed by atoms with Crippen LogP contribution < -0.4 is 0 Å². The van der Waals surface area contributed by atoms with Crippen molar-refractivity contribution in [2.45, 2.75) is 72.0 Å². The molecule has 0 saturated heterocycles. The van der Waals surface area contributed by atoms with E-state index in [1.165, 1.54) is 6.08 Å². The second-order valence-electron chi connectivity index (χ2n) is 9.11. The maximum atomic E-state index is 12.9. The van der Waals surface area contributed by atoms with Gasteiger partial charge in [0.05, 0.1) is 0 Å². The summed E-state index contributed by atoms with van der Waals surface area (Å²) in [6.07, 6.45) is 6.63. The van der Waals surface area contributed by atoms with Gasteiger partial charge in [-0.05, 0) is 66.5 Å². The second kappa shape index (κ2) is 10.9. The summed E-state index contributed by atoms with van der Waals surface area (Å²) >= 11 is 0. The summed E-state index contributed by atoms with van der Waals surface area (Å²) in [6, 6.07) is 9.11. The Hall–Kier alpha value is -2.69. The molecule has 30 heavy (non-hydrogen) atoms. The molecule has 164 valence electrons. The largest absolute Gasteiger partial charge is 0.459 e. The molecule has 1 rings (SSSR count). The van der Waals surface area contributed by atoms with Crippen molar-refractivity contribution in [3.63, 3.8) is 0 Å². The van der Waals surface area contributed by atoms with Crippen molar-refractivity contribution < 1.29 is 23.9 Å². The van der Waals surface area contributed by atoms with Crippen molar-refractivity contribution in [3.8, 4) is 0 Å². The van der Waals surface area contributed by atoms with Gasteiger partial charge in [-0.3, -0.25) is 14.4 Å². The molecule has 5 heteroatoms. The highest BCUT2D eigenvalue weighted by atomic mass is 16.6. The lowest BCUT2D eigenvalue weighted by Gasteiger charge is -2.28. The van der Waals surface area contributed by atoms with Gasteiger partial charge in [0.2, 0.25) is 0 Å². The van der Waals surface area contributed by atoms with Crippen LogP contribution in [0.4, 0.5) is 0 Å². The maximum Gasteiger partial charge on any atom is 0.320 e. The average molecular weight is 415 g/mol. The number of benzene rings is 1. The van der Waals surface area contributed by atoms with E-state index in [9.17, 15) is 14.4 Å². The molecule has 1 aromatic rings. The maximum absolute atomic E-state index is 12.9. The van der Waals surface area contributed by atoms with Crippen molar-refractivity contribution in [1.82, 2.24) is 0 Å². The van der Waals surface area contributed by atoms with E-state index in [4.69, 9.17) is 9.47 Å². The van der Waals surface area contributed by atoms with Crippen LogP contribution >= 0.6 is 0 Å². The number of carbonyl (C=O) groups excluding carboxylic acids is 3. The van der Waals surface area contributed by atoms with Crippen LogP contribution in [0.1, 0.15) is 66.4 Å². The molecule has 0 bridgehead atoms. The molecule has 0 aliphatic carbocycles. The summed E-state index contributed by atoms with van der Waals surface area (Å²) in [5.74, 6) is -3.48. The molecule has 0 aliphatic rings. The third kappa shape index (κ3) is 9.21. The van der Waals surface area contributed by atoms with E-state index >= 15 is 0 Å². The molecule has 1 unspecified atom stereocenters. The summed E-state index contributed by atoms with van der Waals surface area (Å²) in [4.78, 5) is 38.7. The van der Waals surface area contributed by atoms with Crippen molar-refractivity contribution in [2.24, 2.45) is 5.92 Å². The topological polar surface area (TPSA) is 69.7 Å². The number of hydrogen-bond acceptors (Lipinski definition) is 5. The highest BCUT2D eigenvalue weighted by Gasteiger charge is 2.38. The Morgan fingerprint density at radius 3 is 1.80 bits per heavy atom. The zero-order valence-electron chi connectivity index (χ0n) is 19.1. The Balaban J connectivity index is 3.30. The van der Waals surface area contributed by atoms with Gasteiger partial charge in [-0.1, -0.05) is 48.6 Å². The molecule has 0 radical (unpaired) electrons. The summed E-state index contributed by atoms with van der Waals surface area (Å²) < 4.78 is 10.9.